The van der Waals surface area contributed by atoms with Gasteiger partial charge < -0.3 is 5.32 Å². The molecule has 0 radical (unpaired) electrons. The molecule has 0 saturated heterocycles. The SMILES string of the molecule is CC(=O)N(c1nnc(SCC(=O)Nc2ccc(C)cc2Cl)s1)C1CC1. The van der Waals surface area contributed by atoms with Crippen LogP contribution < -0.4 is 10.2 Å². The molecule has 9 heteroatoms. The lowest BCUT2D eigenvalue weighted by Gasteiger charge is -2.15. The zero-order valence-electron chi connectivity index (χ0n) is 13.8. The van der Waals surface area contributed by atoms with Crippen molar-refractivity contribution < 1.29 is 9.59 Å². The number of aromatic nitrogens is 2. The summed E-state index contributed by atoms with van der Waals surface area (Å²) in [6.07, 6.45) is 2.00. The summed E-state index contributed by atoms with van der Waals surface area (Å²) in [6, 6.07) is 5.72. The standard InChI is InChI=1S/C16H17ClN4O2S2/c1-9-3-6-13(12(17)7-9)18-14(23)8-24-16-20-19-15(25-16)21(10(2)22)11-4-5-11/h3,6-7,11H,4-5,8H2,1-2H3,(H,18,23). The molecule has 0 unspecified atom stereocenters. The van der Waals surface area contributed by atoms with Crippen LogP contribution in [0.2, 0.25) is 5.02 Å². The molecule has 1 aliphatic rings. The molecule has 2 amide bonds. The second-order valence-electron chi connectivity index (χ2n) is 5.79. The number of thioether (sulfide) groups is 1. The summed E-state index contributed by atoms with van der Waals surface area (Å²) in [4.78, 5) is 25.5. The molecule has 1 aromatic carbocycles. The van der Waals surface area contributed by atoms with Crippen LogP contribution in [0.25, 0.3) is 0 Å². The highest BCUT2D eigenvalue weighted by molar-refractivity contribution is 8.01. The van der Waals surface area contributed by atoms with Gasteiger partial charge in [0.25, 0.3) is 0 Å². The number of hydrogen-bond donors (Lipinski definition) is 1. The Labute approximate surface area is 159 Å². The zero-order valence-corrected chi connectivity index (χ0v) is 16.2. The summed E-state index contributed by atoms with van der Waals surface area (Å²) in [7, 11) is 0. The van der Waals surface area contributed by atoms with Crippen LogP contribution in [0.3, 0.4) is 0 Å². The van der Waals surface area contributed by atoms with Crippen molar-refractivity contribution in [3.05, 3.63) is 28.8 Å². The van der Waals surface area contributed by atoms with E-state index in [1.54, 1.807) is 17.0 Å². The van der Waals surface area contributed by atoms with E-state index < -0.39 is 0 Å². The van der Waals surface area contributed by atoms with Crippen LogP contribution in [0, 0.1) is 6.92 Å². The fraction of sp³-hybridized carbons (Fsp3) is 0.375. The summed E-state index contributed by atoms with van der Waals surface area (Å²) < 4.78 is 0.659. The Kier molecular flexibility index (Phi) is 5.61. The molecule has 0 atom stereocenters. The number of nitrogens with one attached hydrogen (secondary N) is 1. The molecule has 1 N–H and O–H groups in total. The number of aryl methyl sites for hydroxylation is 1. The Bertz CT molecular complexity index is 807. The van der Waals surface area contributed by atoms with E-state index in [4.69, 9.17) is 11.6 Å². The van der Waals surface area contributed by atoms with Crippen LogP contribution >= 0.6 is 34.7 Å². The first-order chi connectivity index (χ1) is 11.9. The fourth-order valence-corrected chi connectivity index (χ4v) is 4.31. The predicted octanol–water partition coefficient (Wildman–Crippen LogP) is 3.75. The quantitative estimate of drug-likeness (QED) is 0.594. The molecular weight excluding hydrogens is 380 g/mol. The minimum Gasteiger partial charge on any atom is -0.324 e. The van der Waals surface area contributed by atoms with Gasteiger partial charge in [0.2, 0.25) is 16.9 Å². The lowest BCUT2D eigenvalue weighted by atomic mass is 10.2. The highest BCUT2D eigenvalue weighted by Crippen LogP contribution is 2.35. The van der Waals surface area contributed by atoms with Gasteiger partial charge in [-0.25, -0.2) is 0 Å². The van der Waals surface area contributed by atoms with Crippen LogP contribution in [0.5, 0.6) is 0 Å². The Morgan fingerprint density at radius 2 is 2.16 bits per heavy atom. The Morgan fingerprint density at radius 3 is 2.80 bits per heavy atom. The largest absolute Gasteiger partial charge is 0.324 e. The number of amides is 2. The number of carbonyl (C=O) groups is 2. The fourth-order valence-electron chi connectivity index (χ4n) is 2.27. The first-order valence-electron chi connectivity index (χ1n) is 7.76. The summed E-state index contributed by atoms with van der Waals surface area (Å²) in [5.41, 5.74) is 1.62. The van der Waals surface area contributed by atoms with Gasteiger partial charge in [-0.2, -0.15) is 0 Å². The molecular formula is C16H17ClN4O2S2. The Hall–Kier alpha value is -1.64. The van der Waals surface area contributed by atoms with Gasteiger partial charge >= 0.3 is 0 Å². The second-order valence-corrected chi connectivity index (χ2v) is 8.38. The van der Waals surface area contributed by atoms with Gasteiger partial charge in [0.05, 0.1) is 16.5 Å². The number of hydrogen-bond acceptors (Lipinski definition) is 6. The number of rotatable bonds is 6. The van der Waals surface area contributed by atoms with E-state index >= 15 is 0 Å². The van der Waals surface area contributed by atoms with Crippen molar-refractivity contribution in [3.8, 4) is 0 Å². The van der Waals surface area contributed by atoms with E-state index in [1.165, 1.54) is 30.0 Å². The lowest BCUT2D eigenvalue weighted by molar-refractivity contribution is -0.116. The topological polar surface area (TPSA) is 75.2 Å². The molecule has 1 fully saturated rings. The molecule has 1 aromatic heterocycles. The van der Waals surface area contributed by atoms with Crippen molar-refractivity contribution in [2.75, 3.05) is 16.0 Å². The number of nitrogens with zero attached hydrogens (tertiary/aromatic N) is 3. The summed E-state index contributed by atoms with van der Waals surface area (Å²) >= 11 is 8.74. The average molecular weight is 397 g/mol. The average Bonchev–Trinajstić information content (AvgIpc) is 3.26. The summed E-state index contributed by atoms with van der Waals surface area (Å²) in [5, 5.41) is 12.0. The monoisotopic (exact) mass is 396 g/mol. The maximum atomic E-state index is 12.1. The van der Waals surface area contributed by atoms with Crippen molar-refractivity contribution in [1.29, 1.82) is 0 Å². The van der Waals surface area contributed by atoms with Gasteiger partial charge in [-0.1, -0.05) is 40.8 Å². The molecule has 0 bridgehead atoms. The van der Waals surface area contributed by atoms with Gasteiger partial charge in [0.15, 0.2) is 4.34 Å². The first-order valence-corrected chi connectivity index (χ1v) is 9.94. The van der Waals surface area contributed by atoms with E-state index in [1.807, 2.05) is 13.0 Å². The Morgan fingerprint density at radius 1 is 1.40 bits per heavy atom. The van der Waals surface area contributed by atoms with Crippen molar-refractivity contribution in [1.82, 2.24) is 10.2 Å². The molecule has 132 valence electrons. The maximum absolute atomic E-state index is 12.1. The van der Waals surface area contributed by atoms with Crippen molar-refractivity contribution >= 4 is 57.3 Å². The smallest absolute Gasteiger partial charge is 0.234 e. The van der Waals surface area contributed by atoms with Crippen LogP contribution in [-0.2, 0) is 9.59 Å². The number of carbonyl (C=O) groups excluding carboxylic acids is 2. The third kappa shape index (κ3) is 4.71. The van der Waals surface area contributed by atoms with Crippen LogP contribution in [0.15, 0.2) is 22.5 Å². The number of benzene rings is 1. The van der Waals surface area contributed by atoms with Gasteiger partial charge in [0.1, 0.15) is 0 Å². The molecule has 2 aromatic rings. The van der Waals surface area contributed by atoms with E-state index in [0.717, 1.165) is 18.4 Å². The number of halogens is 1. The normalized spacial score (nSPS) is 13.6. The molecule has 25 heavy (non-hydrogen) atoms. The summed E-state index contributed by atoms with van der Waals surface area (Å²) in [6.45, 7) is 3.47. The van der Waals surface area contributed by atoms with Crippen LogP contribution in [0.1, 0.15) is 25.3 Å². The third-order valence-electron chi connectivity index (χ3n) is 3.58. The zero-order chi connectivity index (χ0) is 18.0. The summed E-state index contributed by atoms with van der Waals surface area (Å²) in [5.74, 6) is 0.00239. The molecule has 1 saturated carbocycles. The lowest BCUT2D eigenvalue weighted by Crippen LogP contribution is -2.30. The van der Waals surface area contributed by atoms with Crippen LogP contribution in [0.4, 0.5) is 10.8 Å². The maximum Gasteiger partial charge on any atom is 0.234 e. The van der Waals surface area contributed by atoms with E-state index in [2.05, 4.69) is 15.5 Å². The van der Waals surface area contributed by atoms with E-state index in [9.17, 15) is 9.59 Å². The molecule has 6 nitrogen and oxygen atoms in total. The molecule has 0 aliphatic heterocycles. The minimum absolute atomic E-state index is 0.0260. The molecule has 1 heterocycles. The van der Waals surface area contributed by atoms with E-state index in [-0.39, 0.29) is 23.6 Å². The van der Waals surface area contributed by atoms with Crippen molar-refractivity contribution in [2.24, 2.45) is 0 Å². The minimum atomic E-state index is -0.168. The second kappa shape index (κ2) is 7.72. The Balaban J connectivity index is 1.56. The van der Waals surface area contributed by atoms with Crippen LogP contribution in [-0.4, -0.2) is 33.8 Å². The van der Waals surface area contributed by atoms with Gasteiger partial charge in [0, 0.05) is 13.0 Å². The van der Waals surface area contributed by atoms with Gasteiger partial charge in [-0.05, 0) is 37.5 Å². The van der Waals surface area contributed by atoms with Crippen molar-refractivity contribution in [3.63, 3.8) is 0 Å². The molecule has 1 aliphatic carbocycles. The predicted molar refractivity (Wildman–Crippen MR) is 102 cm³/mol. The third-order valence-corrected chi connectivity index (χ3v) is 5.95. The molecule has 0 spiro atoms. The molecule has 3 rings (SSSR count). The highest BCUT2D eigenvalue weighted by Gasteiger charge is 2.34. The van der Waals surface area contributed by atoms with Gasteiger partial charge in [-0.15, -0.1) is 10.2 Å². The highest BCUT2D eigenvalue weighted by atomic mass is 35.5. The first kappa shape index (κ1) is 18.2. The van der Waals surface area contributed by atoms with Gasteiger partial charge in [-0.3, -0.25) is 14.5 Å². The van der Waals surface area contributed by atoms with Crippen molar-refractivity contribution in [2.45, 2.75) is 37.1 Å². The van der Waals surface area contributed by atoms with E-state index in [0.29, 0.717) is 20.2 Å². The number of anilines is 2.